The van der Waals surface area contributed by atoms with E-state index in [1.807, 2.05) is 19.1 Å². The van der Waals surface area contributed by atoms with E-state index in [0.717, 1.165) is 5.56 Å². The van der Waals surface area contributed by atoms with E-state index in [-0.39, 0.29) is 11.7 Å². The largest absolute Gasteiger partial charge is 0.425 e. The molecule has 0 N–H and O–H groups in total. The van der Waals surface area contributed by atoms with Crippen LogP contribution in [0.3, 0.4) is 0 Å². The van der Waals surface area contributed by atoms with Crippen molar-refractivity contribution in [2.75, 3.05) is 0 Å². The van der Waals surface area contributed by atoms with Crippen LogP contribution in [0.1, 0.15) is 18.9 Å². The molecule has 7 nitrogen and oxygen atoms in total. The Morgan fingerprint density at radius 3 is 2.42 bits per heavy atom. The zero-order valence-corrected chi connectivity index (χ0v) is 18.5. The van der Waals surface area contributed by atoms with Crippen LogP contribution in [0.25, 0.3) is 11.2 Å². The minimum atomic E-state index is -0.412. The highest BCUT2D eigenvalue weighted by Gasteiger charge is 2.21. The number of aromatic nitrogens is 4. The van der Waals surface area contributed by atoms with Gasteiger partial charge in [0, 0.05) is 23.6 Å². The minimum absolute atomic E-state index is 0.188. The number of ether oxygens (including phenoxy) is 1. The molecule has 0 bridgehead atoms. The standard InChI is InChI=1S/C22H20Cl2N4O3/c1-3-11-27-20(29)18-19(26(2)22(27)30)25-21(31-17-6-4-5-16(24)12-17)28(18)13-14-7-9-15(23)10-8-14/h4-10,12H,3,11,13H2,1-2H3. The van der Waals surface area contributed by atoms with Gasteiger partial charge in [0.2, 0.25) is 0 Å². The Bertz CT molecular complexity index is 1370. The van der Waals surface area contributed by atoms with Gasteiger partial charge in [0.15, 0.2) is 11.2 Å². The molecule has 160 valence electrons. The van der Waals surface area contributed by atoms with E-state index in [1.54, 1.807) is 48.0 Å². The Morgan fingerprint density at radius 1 is 1.00 bits per heavy atom. The predicted octanol–water partition coefficient (Wildman–Crippen LogP) is 4.45. The summed E-state index contributed by atoms with van der Waals surface area (Å²) < 4.78 is 10.3. The van der Waals surface area contributed by atoms with E-state index in [9.17, 15) is 9.59 Å². The molecule has 2 aromatic carbocycles. The van der Waals surface area contributed by atoms with Gasteiger partial charge in [-0.25, -0.2) is 4.79 Å². The summed E-state index contributed by atoms with van der Waals surface area (Å²) in [4.78, 5) is 30.5. The van der Waals surface area contributed by atoms with Crippen LogP contribution in [0.5, 0.6) is 11.8 Å². The van der Waals surface area contributed by atoms with Crippen molar-refractivity contribution >= 4 is 34.4 Å². The third-order valence-electron chi connectivity index (χ3n) is 4.90. The Hall–Kier alpha value is -3.03. The summed E-state index contributed by atoms with van der Waals surface area (Å²) in [6, 6.07) is 14.4. The van der Waals surface area contributed by atoms with Crippen LogP contribution in [0, 0.1) is 0 Å². The lowest BCUT2D eigenvalue weighted by atomic mass is 10.2. The van der Waals surface area contributed by atoms with E-state index in [4.69, 9.17) is 27.9 Å². The molecule has 31 heavy (non-hydrogen) atoms. The van der Waals surface area contributed by atoms with Gasteiger partial charge in [-0.15, -0.1) is 0 Å². The van der Waals surface area contributed by atoms with Crippen LogP contribution in [-0.4, -0.2) is 18.7 Å². The average molecular weight is 459 g/mol. The Kier molecular flexibility index (Phi) is 5.89. The highest BCUT2D eigenvalue weighted by atomic mass is 35.5. The van der Waals surface area contributed by atoms with Gasteiger partial charge in [-0.3, -0.25) is 18.5 Å². The highest BCUT2D eigenvalue weighted by molar-refractivity contribution is 6.30. The van der Waals surface area contributed by atoms with Gasteiger partial charge in [0.05, 0.1) is 6.54 Å². The number of fused-ring (bicyclic) bond motifs is 1. The molecule has 0 aliphatic rings. The van der Waals surface area contributed by atoms with Gasteiger partial charge in [0.25, 0.3) is 5.56 Å². The number of halogens is 2. The minimum Gasteiger partial charge on any atom is -0.425 e. The summed E-state index contributed by atoms with van der Waals surface area (Å²) >= 11 is 12.1. The summed E-state index contributed by atoms with van der Waals surface area (Å²) in [5.74, 6) is 0.471. The lowest BCUT2D eigenvalue weighted by molar-refractivity contribution is 0.421. The lowest BCUT2D eigenvalue weighted by Gasteiger charge is -2.11. The summed E-state index contributed by atoms with van der Waals surface area (Å²) in [5, 5.41) is 1.12. The van der Waals surface area contributed by atoms with Crippen molar-refractivity contribution in [2.24, 2.45) is 7.05 Å². The summed E-state index contributed by atoms with van der Waals surface area (Å²) in [6.07, 6.45) is 0.651. The van der Waals surface area contributed by atoms with E-state index in [0.29, 0.717) is 40.8 Å². The fourth-order valence-electron chi connectivity index (χ4n) is 3.41. The van der Waals surface area contributed by atoms with Crippen molar-refractivity contribution in [3.05, 3.63) is 85.0 Å². The topological polar surface area (TPSA) is 71.1 Å². The maximum absolute atomic E-state index is 13.3. The third-order valence-corrected chi connectivity index (χ3v) is 5.39. The second kappa shape index (κ2) is 8.61. The van der Waals surface area contributed by atoms with Crippen molar-refractivity contribution in [1.29, 1.82) is 0 Å². The number of aryl methyl sites for hydroxylation is 1. The van der Waals surface area contributed by atoms with Gasteiger partial charge in [-0.05, 0) is 42.3 Å². The molecule has 0 aliphatic carbocycles. The monoisotopic (exact) mass is 458 g/mol. The maximum Gasteiger partial charge on any atom is 0.332 e. The summed E-state index contributed by atoms with van der Waals surface area (Å²) in [7, 11) is 1.60. The fraction of sp³-hybridized carbons (Fsp3) is 0.227. The van der Waals surface area contributed by atoms with Gasteiger partial charge < -0.3 is 4.74 Å². The second-order valence-corrected chi connectivity index (χ2v) is 8.01. The van der Waals surface area contributed by atoms with Crippen molar-refractivity contribution in [3.8, 4) is 11.8 Å². The average Bonchev–Trinajstić information content (AvgIpc) is 3.09. The van der Waals surface area contributed by atoms with Gasteiger partial charge in [-0.1, -0.05) is 48.3 Å². The molecular weight excluding hydrogens is 439 g/mol. The quantitative estimate of drug-likeness (QED) is 0.427. The Morgan fingerprint density at radius 2 is 1.74 bits per heavy atom. The van der Waals surface area contributed by atoms with Crippen LogP contribution in [0.4, 0.5) is 0 Å². The van der Waals surface area contributed by atoms with Crippen molar-refractivity contribution in [2.45, 2.75) is 26.4 Å². The summed E-state index contributed by atoms with van der Waals surface area (Å²) in [5.41, 5.74) is 0.637. The van der Waals surface area contributed by atoms with Crippen LogP contribution >= 0.6 is 23.2 Å². The number of benzene rings is 2. The number of hydrogen-bond donors (Lipinski definition) is 0. The molecule has 0 saturated heterocycles. The fourth-order valence-corrected chi connectivity index (χ4v) is 3.71. The Balaban J connectivity index is 1.95. The smallest absolute Gasteiger partial charge is 0.332 e. The van der Waals surface area contributed by atoms with E-state index >= 15 is 0 Å². The van der Waals surface area contributed by atoms with Crippen LogP contribution < -0.4 is 16.0 Å². The van der Waals surface area contributed by atoms with Crippen molar-refractivity contribution in [3.63, 3.8) is 0 Å². The third kappa shape index (κ3) is 4.11. The van der Waals surface area contributed by atoms with Crippen molar-refractivity contribution in [1.82, 2.24) is 18.7 Å². The molecule has 4 aromatic rings. The number of hydrogen-bond acceptors (Lipinski definition) is 4. The van der Waals surface area contributed by atoms with Crippen LogP contribution in [-0.2, 0) is 20.1 Å². The molecule has 4 rings (SSSR count). The lowest BCUT2D eigenvalue weighted by Crippen LogP contribution is -2.39. The molecule has 0 atom stereocenters. The molecule has 2 heterocycles. The van der Waals surface area contributed by atoms with E-state index in [1.165, 1.54) is 9.13 Å². The molecule has 0 saturated carbocycles. The Labute approximate surface area is 188 Å². The maximum atomic E-state index is 13.3. The SMILES string of the molecule is CCCn1c(=O)c2c(nc(Oc3cccc(Cl)c3)n2Cc2ccc(Cl)cc2)n(C)c1=O. The molecule has 0 fully saturated rings. The molecule has 0 aliphatic heterocycles. The molecule has 9 heteroatoms. The van der Waals surface area contributed by atoms with E-state index in [2.05, 4.69) is 4.98 Å². The second-order valence-electron chi connectivity index (χ2n) is 7.14. The van der Waals surface area contributed by atoms with Crippen LogP contribution in [0.2, 0.25) is 10.0 Å². The normalized spacial score (nSPS) is 11.2. The first-order valence-electron chi connectivity index (χ1n) is 9.77. The zero-order valence-electron chi connectivity index (χ0n) is 17.0. The first kappa shape index (κ1) is 21.2. The van der Waals surface area contributed by atoms with E-state index < -0.39 is 11.2 Å². The highest BCUT2D eigenvalue weighted by Crippen LogP contribution is 2.27. The molecule has 0 spiro atoms. The van der Waals surface area contributed by atoms with Crippen LogP contribution in [0.15, 0.2) is 58.1 Å². The molecule has 0 amide bonds. The van der Waals surface area contributed by atoms with Crippen molar-refractivity contribution < 1.29 is 4.74 Å². The first-order chi connectivity index (χ1) is 14.9. The first-order valence-corrected chi connectivity index (χ1v) is 10.5. The number of rotatable bonds is 6. The number of imidazole rings is 1. The number of nitrogens with zero attached hydrogens (tertiary/aromatic N) is 4. The predicted molar refractivity (Wildman–Crippen MR) is 122 cm³/mol. The van der Waals surface area contributed by atoms with Gasteiger partial charge >= 0.3 is 11.7 Å². The van der Waals surface area contributed by atoms with Gasteiger partial charge in [-0.2, -0.15) is 4.98 Å². The molecule has 0 radical (unpaired) electrons. The summed E-state index contributed by atoms with van der Waals surface area (Å²) in [6.45, 7) is 2.54. The van der Waals surface area contributed by atoms with Gasteiger partial charge in [0.1, 0.15) is 5.75 Å². The molecule has 0 unspecified atom stereocenters. The zero-order chi connectivity index (χ0) is 22.1. The molecule has 2 aromatic heterocycles. The molecular formula is C22H20Cl2N4O3.